The number of carbonyl (C=O) groups excluding carboxylic acids is 3. The van der Waals surface area contributed by atoms with E-state index in [1.165, 1.54) is 0 Å². The van der Waals surface area contributed by atoms with Crippen LogP contribution in [0.25, 0.3) is 0 Å². The molecule has 1 unspecified atom stereocenters. The van der Waals surface area contributed by atoms with Crippen molar-refractivity contribution < 1.29 is 19.1 Å². The minimum atomic E-state index is -0.516. The Bertz CT molecular complexity index is 965. The van der Waals surface area contributed by atoms with Crippen LogP contribution in [0.4, 0.5) is 0 Å². The SMILES string of the molecule is COc1cccc(CC(=O)N2CCC3C(=O)N(Cc4ccncc4)CC(=O)N3CC2)c1. The highest BCUT2D eigenvalue weighted by atomic mass is 16.5. The highest BCUT2D eigenvalue weighted by Crippen LogP contribution is 2.21. The Kier molecular flexibility index (Phi) is 6.16. The lowest BCUT2D eigenvalue weighted by Gasteiger charge is -2.39. The quantitative estimate of drug-likeness (QED) is 0.721. The molecule has 31 heavy (non-hydrogen) atoms. The zero-order valence-corrected chi connectivity index (χ0v) is 17.6. The zero-order valence-electron chi connectivity index (χ0n) is 17.6. The molecule has 2 aliphatic heterocycles. The largest absolute Gasteiger partial charge is 0.497 e. The maximum atomic E-state index is 13.1. The van der Waals surface area contributed by atoms with Gasteiger partial charge in [-0.1, -0.05) is 12.1 Å². The molecule has 2 aliphatic rings. The smallest absolute Gasteiger partial charge is 0.246 e. The number of aromatic nitrogens is 1. The Balaban J connectivity index is 1.41. The number of pyridine rings is 1. The van der Waals surface area contributed by atoms with Gasteiger partial charge in [0, 0.05) is 38.6 Å². The number of fused-ring (bicyclic) bond motifs is 1. The van der Waals surface area contributed by atoms with Gasteiger partial charge in [-0.3, -0.25) is 19.4 Å². The third kappa shape index (κ3) is 4.68. The summed E-state index contributed by atoms with van der Waals surface area (Å²) in [5.41, 5.74) is 1.82. The van der Waals surface area contributed by atoms with Crippen molar-refractivity contribution in [2.45, 2.75) is 25.4 Å². The van der Waals surface area contributed by atoms with Gasteiger partial charge < -0.3 is 19.4 Å². The van der Waals surface area contributed by atoms with Crippen molar-refractivity contribution in [3.05, 3.63) is 59.9 Å². The van der Waals surface area contributed by atoms with E-state index in [1.807, 2.05) is 36.4 Å². The average Bonchev–Trinajstić information content (AvgIpc) is 3.02. The Morgan fingerprint density at radius 2 is 1.90 bits per heavy atom. The molecule has 8 nitrogen and oxygen atoms in total. The van der Waals surface area contributed by atoms with Gasteiger partial charge in [0.15, 0.2) is 0 Å². The molecule has 1 aromatic heterocycles. The fraction of sp³-hybridized carbons (Fsp3) is 0.391. The minimum Gasteiger partial charge on any atom is -0.497 e. The molecule has 8 heteroatoms. The third-order valence-corrected chi connectivity index (χ3v) is 5.87. The molecule has 3 heterocycles. The van der Waals surface area contributed by atoms with E-state index in [9.17, 15) is 14.4 Å². The molecule has 2 saturated heterocycles. The number of carbonyl (C=O) groups is 3. The minimum absolute atomic E-state index is 0.0124. The van der Waals surface area contributed by atoms with Crippen molar-refractivity contribution in [3.63, 3.8) is 0 Å². The van der Waals surface area contributed by atoms with Gasteiger partial charge in [-0.2, -0.15) is 0 Å². The summed E-state index contributed by atoms with van der Waals surface area (Å²) in [5.74, 6) is 0.574. The van der Waals surface area contributed by atoms with Crippen LogP contribution in [0.3, 0.4) is 0 Å². The molecule has 3 amide bonds. The van der Waals surface area contributed by atoms with Crippen molar-refractivity contribution >= 4 is 17.7 Å². The lowest BCUT2D eigenvalue weighted by atomic mass is 10.1. The summed E-state index contributed by atoms with van der Waals surface area (Å²) in [6, 6.07) is 10.6. The molecule has 0 bridgehead atoms. The molecule has 4 rings (SSSR count). The first-order valence-corrected chi connectivity index (χ1v) is 10.4. The number of hydrogen-bond acceptors (Lipinski definition) is 5. The predicted molar refractivity (Wildman–Crippen MR) is 113 cm³/mol. The fourth-order valence-electron chi connectivity index (χ4n) is 4.19. The van der Waals surface area contributed by atoms with Crippen LogP contribution in [0.1, 0.15) is 17.5 Å². The lowest BCUT2D eigenvalue weighted by molar-refractivity contribution is -0.156. The summed E-state index contributed by atoms with van der Waals surface area (Å²) < 4.78 is 5.23. The van der Waals surface area contributed by atoms with Gasteiger partial charge in [0.05, 0.1) is 13.5 Å². The van der Waals surface area contributed by atoms with Gasteiger partial charge in [0.2, 0.25) is 17.7 Å². The fourth-order valence-corrected chi connectivity index (χ4v) is 4.19. The van der Waals surface area contributed by atoms with Crippen molar-refractivity contribution in [1.29, 1.82) is 0 Å². The summed E-state index contributed by atoms with van der Waals surface area (Å²) in [7, 11) is 1.60. The van der Waals surface area contributed by atoms with Crippen molar-refractivity contribution in [2.24, 2.45) is 0 Å². The molecule has 0 radical (unpaired) electrons. The summed E-state index contributed by atoms with van der Waals surface area (Å²) in [5, 5.41) is 0. The van der Waals surface area contributed by atoms with Crippen LogP contribution in [-0.2, 0) is 27.3 Å². The van der Waals surface area contributed by atoms with Crippen molar-refractivity contribution in [3.8, 4) is 5.75 Å². The molecule has 1 atom stereocenters. The number of hydrogen-bond donors (Lipinski definition) is 0. The second-order valence-electron chi connectivity index (χ2n) is 7.85. The first-order valence-electron chi connectivity index (χ1n) is 10.4. The van der Waals surface area contributed by atoms with Gasteiger partial charge in [-0.15, -0.1) is 0 Å². The standard InChI is InChI=1S/C23H26N4O4/c1-31-19-4-2-3-18(13-19)14-21(28)25-10-7-20-23(30)26(15-17-5-8-24-9-6-17)16-22(29)27(20)12-11-25/h2-6,8-9,13,20H,7,10-12,14-16H2,1H3. The van der Waals surface area contributed by atoms with E-state index < -0.39 is 6.04 Å². The number of amides is 3. The van der Waals surface area contributed by atoms with Crippen LogP contribution in [-0.4, -0.2) is 76.7 Å². The number of ether oxygens (including phenoxy) is 1. The van der Waals surface area contributed by atoms with Crippen LogP contribution in [0.15, 0.2) is 48.8 Å². The second-order valence-corrected chi connectivity index (χ2v) is 7.85. The molecule has 2 aromatic rings. The molecule has 2 fully saturated rings. The van der Waals surface area contributed by atoms with Gasteiger partial charge >= 0.3 is 0 Å². The summed E-state index contributed by atoms with van der Waals surface area (Å²) in [6.45, 7) is 1.71. The number of nitrogens with zero attached hydrogens (tertiary/aromatic N) is 4. The van der Waals surface area contributed by atoms with Gasteiger partial charge in [0.1, 0.15) is 18.3 Å². The Morgan fingerprint density at radius 1 is 1.10 bits per heavy atom. The van der Waals surface area contributed by atoms with E-state index in [0.717, 1.165) is 11.1 Å². The normalized spacial score (nSPS) is 19.1. The number of methoxy groups -OCH3 is 1. The van der Waals surface area contributed by atoms with E-state index >= 15 is 0 Å². The number of rotatable bonds is 5. The Labute approximate surface area is 181 Å². The van der Waals surface area contributed by atoms with Gasteiger partial charge in [-0.05, 0) is 41.8 Å². The van der Waals surface area contributed by atoms with Crippen LogP contribution in [0.5, 0.6) is 5.75 Å². The summed E-state index contributed by atoms with van der Waals surface area (Å²) in [4.78, 5) is 47.7. The van der Waals surface area contributed by atoms with Crippen molar-refractivity contribution in [2.75, 3.05) is 33.3 Å². The topological polar surface area (TPSA) is 83.0 Å². The molecule has 0 aliphatic carbocycles. The molecule has 1 aromatic carbocycles. The van der Waals surface area contributed by atoms with Gasteiger partial charge in [-0.25, -0.2) is 0 Å². The van der Waals surface area contributed by atoms with E-state index in [0.29, 0.717) is 38.3 Å². The number of benzene rings is 1. The summed E-state index contributed by atoms with van der Waals surface area (Å²) >= 11 is 0. The summed E-state index contributed by atoms with van der Waals surface area (Å²) in [6.07, 6.45) is 4.06. The average molecular weight is 422 g/mol. The first kappa shape index (κ1) is 20.8. The first-order chi connectivity index (χ1) is 15.0. The van der Waals surface area contributed by atoms with Crippen LogP contribution >= 0.6 is 0 Å². The zero-order chi connectivity index (χ0) is 21.8. The highest BCUT2D eigenvalue weighted by Gasteiger charge is 2.41. The molecular weight excluding hydrogens is 396 g/mol. The molecule has 0 saturated carbocycles. The van der Waals surface area contributed by atoms with Crippen molar-refractivity contribution in [1.82, 2.24) is 19.7 Å². The van der Waals surface area contributed by atoms with Crippen LogP contribution in [0, 0.1) is 0 Å². The molecule has 0 N–H and O–H groups in total. The second kappa shape index (κ2) is 9.16. The third-order valence-electron chi connectivity index (χ3n) is 5.87. The van der Waals surface area contributed by atoms with E-state index in [2.05, 4.69) is 4.98 Å². The van der Waals surface area contributed by atoms with Crippen LogP contribution < -0.4 is 4.74 Å². The molecule has 0 spiro atoms. The van der Waals surface area contributed by atoms with Gasteiger partial charge in [0.25, 0.3) is 0 Å². The van der Waals surface area contributed by atoms with E-state index in [-0.39, 0.29) is 30.7 Å². The Hall–Kier alpha value is -3.42. The molecule has 162 valence electrons. The van der Waals surface area contributed by atoms with E-state index in [4.69, 9.17) is 4.74 Å². The number of piperazine rings is 1. The predicted octanol–water partition coefficient (Wildman–Crippen LogP) is 1.10. The molecular formula is C23H26N4O4. The van der Waals surface area contributed by atoms with Crippen LogP contribution in [0.2, 0.25) is 0 Å². The highest BCUT2D eigenvalue weighted by molar-refractivity contribution is 5.95. The maximum absolute atomic E-state index is 13.1. The monoisotopic (exact) mass is 422 g/mol. The lowest BCUT2D eigenvalue weighted by Crippen LogP contribution is -2.59. The Morgan fingerprint density at radius 3 is 2.68 bits per heavy atom. The van der Waals surface area contributed by atoms with E-state index in [1.54, 1.807) is 34.2 Å². The maximum Gasteiger partial charge on any atom is 0.246 e.